The van der Waals surface area contributed by atoms with Crippen molar-refractivity contribution in [3.8, 4) is 0 Å². The molecule has 0 aromatic rings. The summed E-state index contributed by atoms with van der Waals surface area (Å²) in [6.45, 7) is 2.83. The molecule has 0 aromatic carbocycles. The quantitative estimate of drug-likeness (QED) is 0.457. The first kappa shape index (κ1) is 20.1. The van der Waals surface area contributed by atoms with Crippen LogP contribution in [0.3, 0.4) is 0 Å². The molecule has 7 heteroatoms. The summed E-state index contributed by atoms with van der Waals surface area (Å²) in [5.74, 6) is -1.96. The Balaban J connectivity index is -0.000000145. The first-order valence-corrected chi connectivity index (χ1v) is 3.98. The van der Waals surface area contributed by atoms with Crippen molar-refractivity contribution in [2.45, 2.75) is 26.7 Å². The Bertz CT molecular complexity index is 179. The van der Waals surface area contributed by atoms with Gasteiger partial charge in [-0.15, -0.1) is 0 Å². The summed E-state index contributed by atoms with van der Waals surface area (Å²) >= 11 is 0. The third-order valence-corrected chi connectivity index (χ3v) is 0.903. The maximum atomic E-state index is 10.1. The normalized spacial score (nSPS) is 11.7. The summed E-state index contributed by atoms with van der Waals surface area (Å²) in [5.41, 5.74) is 0. The molecule has 0 radical (unpaired) electrons. The number of aliphatic carboxylic acids is 2. The van der Waals surface area contributed by atoms with E-state index < -0.39 is 11.9 Å². The molecule has 1 aliphatic rings. The molecule has 0 unspecified atom stereocenters. The van der Waals surface area contributed by atoms with Crippen LogP contribution >= 0.6 is 0 Å². The molecule has 6 nitrogen and oxygen atoms in total. The van der Waals surface area contributed by atoms with Crippen molar-refractivity contribution in [1.29, 1.82) is 0 Å². The van der Waals surface area contributed by atoms with E-state index in [0.717, 1.165) is 33.2 Å². The van der Waals surface area contributed by atoms with E-state index >= 15 is 0 Å². The van der Waals surface area contributed by atoms with Crippen LogP contribution in [0.15, 0.2) is 0 Å². The second kappa shape index (κ2) is 13.7. The molecule has 15 heavy (non-hydrogen) atoms. The predicted molar refractivity (Wildman–Crippen MR) is 49.4 cm³/mol. The van der Waals surface area contributed by atoms with Crippen LogP contribution in [0.25, 0.3) is 0 Å². The molecule has 0 saturated carbocycles. The number of rotatable bonds is 0. The average Bonchev–Trinajstić information content (AvgIpc) is 2.36. The Morgan fingerprint density at radius 2 is 1.53 bits per heavy atom. The van der Waals surface area contributed by atoms with E-state index in [1.807, 2.05) is 0 Å². The molecular formula is C8H13CaNO5. The minimum absolute atomic E-state index is 0. The predicted octanol–water partition coefficient (Wildman–Crippen LogP) is -2.97. The first-order valence-electron chi connectivity index (χ1n) is 3.98. The van der Waals surface area contributed by atoms with E-state index in [4.69, 9.17) is 19.8 Å². The summed E-state index contributed by atoms with van der Waals surface area (Å²) in [4.78, 5) is 27.9. The van der Waals surface area contributed by atoms with Crippen molar-refractivity contribution in [3.63, 3.8) is 0 Å². The third-order valence-electron chi connectivity index (χ3n) is 0.903. The van der Waals surface area contributed by atoms with Crippen LogP contribution in [-0.2, 0) is 14.4 Å². The maximum Gasteiger partial charge on any atom is 2.00 e. The summed E-state index contributed by atoms with van der Waals surface area (Å²) < 4.78 is 0. The van der Waals surface area contributed by atoms with Gasteiger partial charge in [-0.1, -0.05) is 0 Å². The van der Waals surface area contributed by atoms with Crippen LogP contribution in [0, 0.1) is 0 Å². The number of amides is 1. The fraction of sp³-hybridized carbons (Fsp3) is 0.625. The standard InChI is InChI=1S/C4H7NO.2C2H4O2.Ca/c6-4-2-1-3-5-4;2*1-2(3)4;/h1-3H2,(H,5,6);2*1H3,(H,3,4);/q;;;+2/p-2. The number of hydrogen-bond donors (Lipinski definition) is 1. The molecular weight excluding hydrogens is 230 g/mol. The van der Waals surface area contributed by atoms with E-state index in [1.54, 1.807) is 0 Å². The molecule has 0 atom stereocenters. The molecule has 0 aliphatic carbocycles. The van der Waals surface area contributed by atoms with Crippen LogP contribution in [-0.4, -0.2) is 62.1 Å². The van der Waals surface area contributed by atoms with E-state index in [1.165, 1.54) is 0 Å². The van der Waals surface area contributed by atoms with Crippen LogP contribution in [0.2, 0.25) is 0 Å². The first-order chi connectivity index (χ1) is 6.36. The zero-order valence-corrected chi connectivity index (χ0v) is 11.1. The van der Waals surface area contributed by atoms with Crippen LogP contribution < -0.4 is 15.5 Å². The van der Waals surface area contributed by atoms with E-state index in [-0.39, 0.29) is 43.6 Å². The van der Waals surface area contributed by atoms with Gasteiger partial charge in [-0.3, -0.25) is 4.79 Å². The molecule has 0 spiro atoms. The molecule has 82 valence electrons. The van der Waals surface area contributed by atoms with Gasteiger partial charge in [-0.2, -0.15) is 0 Å². The van der Waals surface area contributed by atoms with Gasteiger partial charge in [0.25, 0.3) is 0 Å². The maximum absolute atomic E-state index is 10.1. The molecule has 1 aliphatic heterocycles. The van der Waals surface area contributed by atoms with Gasteiger partial charge < -0.3 is 25.1 Å². The second-order valence-corrected chi connectivity index (χ2v) is 2.44. The number of carboxylic acid groups (broad SMARTS) is 2. The number of nitrogens with one attached hydrogen (secondary N) is 1. The zero-order chi connectivity index (χ0) is 11.6. The average molecular weight is 243 g/mol. The SMILES string of the molecule is CC(=O)[O-].CC(=O)[O-].O=C1CCCN1.[Ca+2]. The van der Waals surface area contributed by atoms with Gasteiger partial charge in [0.15, 0.2) is 0 Å². The fourth-order valence-electron chi connectivity index (χ4n) is 0.565. The molecule has 1 rings (SSSR count). The van der Waals surface area contributed by atoms with Crippen molar-refractivity contribution in [3.05, 3.63) is 0 Å². The molecule has 1 amide bonds. The smallest absolute Gasteiger partial charge is 0.550 e. The monoisotopic (exact) mass is 243 g/mol. The topological polar surface area (TPSA) is 109 Å². The molecule has 0 aromatic heterocycles. The van der Waals surface area contributed by atoms with Gasteiger partial charge in [0.05, 0.1) is 0 Å². The van der Waals surface area contributed by atoms with Gasteiger partial charge in [-0.25, -0.2) is 0 Å². The summed E-state index contributed by atoms with van der Waals surface area (Å²) in [5, 5.41) is 20.5. The number of hydrogen-bond acceptors (Lipinski definition) is 5. The Labute approximate surface area is 118 Å². The minimum atomic E-state index is -1.08. The Morgan fingerprint density at radius 1 is 1.20 bits per heavy atom. The van der Waals surface area contributed by atoms with Crippen molar-refractivity contribution in [2.75, 3.05) is 6.54 Å². The molecule has 1 saturated heterocycles. The Hall–Kier alpha value is -0.330. The van der Waals surface area contributed by atoms with Crippen molar-refractivity contribution >= 4 is 55.6 Å². The second-order valence-electron chi connectivity index (χ2n) is 2.44. The van der Waals surface area contributed by atoms with Crippen LogP contribution in [0.5, 0.6) is 0 Å². The van der Waals surface area contributed by atoms with Crippen LogP contribution in [0.4, 0.5) is 0 Å². The summed E-state index contributed by atoms with van der Waals surface area (Å²) in [6, 6.07) is 0. The van der Waals surface area contributed by atoms with Gasteiger partial charge in [0, 0.05) is 24.9 Å². The minimum Gasteiger partial charge on any atom is -0.550 e. The van der Waals surface area contributed by atoms with Crippen molar-refractivity contribution in [2.24, 2.45) is 0 Å². The largest absolute Gasteiger partial charge is 2.00 e. The van der Waals surface area contributed by atoms with Gasteiger partial charge in [0.1, 0.15) is 0 Å². The van der Waals surface area contributed by atoms with Gasteiger partial charge in [-0.05, 0) is 20.3 Å². The van der Waals surface area contributed by atoms with Gasteiger partial charge in [0.2, 0.25) is 5.91 Å². The van der Waals surface area contributed by atoms with E-state index in [9.17, 15) is 4.79 Å². The van der Waals surface area contributed by atoms with E-state index in [2.05, 4.69) is 5.32 Å². The number of carbonyl (C=O) groups is 3. The molecule has 0 bridgehead atoms. The van der Waals surface area contributed by atoms with Crippen molar-refractivity contribution < 1.29 is 24.6 Å². The summed E-state index contributed by atoms with van der Waals surface area (Å²) in [6.07, 6.45) is 1.76. The molecule has 1 heterocycles. The Kier molecular flexibility index (Phi) is 18.3. The summed E-state index contributed by atoms with van der Waals surface area (Å²) in [7, 11) is 0. The van der Waals surface area contributed by atoms with Crippen LogP contribution in [0.1, 0.15) is 26.7 Å². The molecule has 1 N–H and O–H groups in total. The van der Waals surface area contributed by atoms with Gasteiger partial charge >= 0.3 is 37.7 Å². The molecule has 1 fully saturated rings. The fourth-order valence-corrected chi connectivity index (χ4v) is 0.565. The zero-order valence-electron chi connectivity index (χ0n) is 8.87. The van der Waals surface area contributed by atoms with Crippen molar-refractivity contribution in [1.82, 2.24) is 5.32 Å². The van der Waals surface area contributed by atoms with E-state index in [0.29, 0.717) is 0 Å². The Morgan fingerprint density at radius 3 is 1.60 bits per heavy atom. The third kappa shape index (κ3) is 41.8. The number of carbonyl (C=O) groups excluding carboxylic acids is 3. The number of carboxylic acids is 2.